The molecular weight excluding hydrogens is 552 g/mol. The first-order chi connectivity index (χ1) is 22.0. The van der Waals surface area contributed by atoms with Crippen LogP contribution in [-0.2, 0) is 0 Å². The molecule has 0 radical (unpaired) electrons. The fourth-order valence-electron chi connectivity index (χ4n) is 6.72. The van der Waals surface area contributed by atoms with Gasteiger partial charge in [-0.1, -0.05) is 97.1 Å². The quantitative estimate of drug-likeness (QED) is 0.196. The number of nitriles is 1. The molecular formula is C40H32N4O. The Morgan fingerprint density at radius 3 is 2.56 bits per heavy atom. The molecule has 1 aliphatic carbocycles. The van der Waals surface area contributed by atoms with E-state index in [1.165, 1.54) is 5.56 Å². The van der Waals surface area contributed by atoms with Gasteiger partial charge in [0, 0.05) is 29.1 Å². The summed E-state index contributed by atoms with van der Waals surface area (Å²) in [7, 11) is 0. The van der Waals surface area contributed by atoms with Crippen LogP contribution in [0, 0.1) is 11.3 Å². The molecule has 2 unspecified atom stereocenters. The van der Waals surface area contributed by atoms with E-state index < -0.39 is 11.6 Å². The number of allylic oxidation sites excluding steroid dienone is 2. The highest BCUT2D eigenvalue weighted by Crippen LogP contribution is 2.55. The molecule has 218 valence electrons. The molecule has 7 rings (SSSR count). The van der Waals surface area contributed by atoms with Gasteiger partial charge in [0.2, 0.25) is 0 Å². The summed E-state index contributed by atoms with van der Waals surface area (Å²) in [6, 6.07) is 41.5. The SMILES string of the molecule is C[C@]12C=C(c3ccccc3O)C=CC1c1ccccc1N2c1cccc(C=Nc2ccccc2C(N)c2cccc(C#N)c2)c1. The highest BCUT2D eigenvalue weighted by Gasteiger charge is 2.47. The lowest BCUT2D eigenvalue weighted by Crippen LogP contribution is -2.42. The summed E-state index contributed by atoms with van der Waals surface area (Å²) in [6.45, 7) is 2.26. The van der Waals surface area contributed by atoms with Crippen LogP contribution in [0.2, 0.25) is 0 Å². The van der Waals surface area contributed by atoms with Gasteiger partial charge in [0.25, 0.3) is 0 Å². The molecule has 3 N–H and O–H groups in total. The monoisotopic (exact) mass is 584 g/mol. The van der Waals surface area contributed by atoms with Crippen molar-refractivity contribution >= 4 is 28.8 Å². The lowest BCUT2D eigenvalue weighted by molar-refractivity contribution is 0.473. The lowest BCUT2D eigenvalue weighted by Gasteiger charge is -2.40. The maximum absolute atomic E-state index is 10.7. The van der Waals surface area contributed by atoms with Crippen LogP contribution in [0.25, 0.3) is 5.57 Å². The van der Waals surface area contributed by atoms with Crippen molar-refractivity contribution in [2.75, 3.05) is 4.90 Å². The zero-order chi connectivity index (χ0) is 31.0. The van der Waals surface area contributed by atoms with E-state index in [2.05, 4.69) is 84.7 Å². The molecule has 5 aromatic carbocycles. The first-order valence-electron chi connectivity index (χ1n) is 15.0. The summed E-state index contributed by atoms with van der Waals surface area (Å²) in [5, 5.41) is 20.0. The molecule has 0 bridgehead atoms. The van der Waals surface area contributed by atoms with E-state index >= 15 is 0 Å². The number of phenolic OH excluding ortho intramolecular Hbond substituents is 1. The van der Waals surface area contributed by atoms with Crippen molar-refractivity contribution < 1.29 is 5.11 Å². The number of aromatic hydroxyl groups is 1. The molecule has 5 nitrogen and oxygen atoms in total. The summed E-state index contributed by atoms with van der Waals surface area (Å²) < 4.78 is 0. The molecule has 0 fully saturated rings. The molecule has 5 heteroatoms. The Hall–Kier alpha value is -5.70. The Bertz CT molecular complexity index is 2050. The highest BCUT2D eigenvalue weighted by molar-refractivity contribution is 5.88. The van der Waals surface area contributed by atoms with Crippen molar-refractivity contribution in [2.24, 2.45) is 10.7 Å². The normalized spacial score (nSPS) is 19.1. The molecule has 0 spiro atoms. The first-order valence-corrected chi connectivity index (χ1v) is 15.0. The topological polar surface area (TPSA) is 85.6 Å². The van der Waals surface area contributed by atoms with E-state index in [0.717, 1.165) is 44.9 Å². The molecule has 0 amide bonds. The molecule has 3 atom stereocenters. The van der Waals surface area contributed by atoms with Crippen LogP contribution in [0.4, 0.5) is 17.1 Å². The number of anilines is 2. The van der Waals surface area contributed by atoms with Crippen LogP contribution in [0.5, 0.6) is 5.75 Å². The minimum Gasteiger partial charge on any atom is -0.507 e. The van der Waals surface area contributed by atoms with Crippen LogP contribution in [-0.4, -0.2) is 16.9 Å². The largest absolute Gasteiger partial charge is 0.507 e. The summed E-state index contributed by atoms with van der Waals surface area (Å²) >= 11 is 0. The van der Waals surface area contributed by atoms with Crippen LogP contribution in [0.15, 0.2) is 145 Å². The van der Waals surface area contributed by atoms with E-state index in [1.807, 2.05) is 66.9 Å². The second kappa shape index (κ2) is 11.4. The van der Waals surface area contributed by atoms with Gasteiger partial charge in [-0.2, -0.15) is 5.26 Å². The Morgan fingerprint density at radius 1 is 0.911 bits per heavy atom. The van der Waals surface area contributed by atoms with Gasteiger partial charge in [-0.05, 0) is 77.2 Å². The van der Waals surface area contributed by atoms with E-state index in [4.69, 9.17) is 10.7 Å². The third kappa shape index (κ3) is 5.02. The fraction of sp³-hybridized carbons (Fsp3) is 0.100. The van der Waals surface area contributed by atoms with E-state index in [-0.39, 0.29) is 11.7 Å². The number of hydrogen-bond donors (Lipinski definition) is 2. The molecule has 1 aliphatic heterocycles. The minimum atomic E-state index is -0.416. The van der Waals surface area contributed by atoms with Gasteiger partial charge in [-0.25, -0.2) is 0 Å². The number of rotatable bonds is 6. The number of benzene rings is 5. The Kier molecular flexibility index (Phi) is 7.13. The Labute approximate surface area is 263 Å². The minimum absolute atomic E-state index is 0.147. The summed E-state index contributed by atoms with van der Waals surface area (Å²) in [4.78, 5) is 7.30. The van der Waals surface area contributed by atoms with E-state index in [1.54, 1.807) is 12.1 Å². The number of fused-ring (bicyclic) bond motifs is 3. The second-order valence-electron chi connectivity index (χ2n) is 11.7. The summed E-state index contributed by atoms with van der Waals surface area (Å²) in [6.07, 6.45) is 8.56. The Morgan fingerprint density at radius 2 is 1.69 bits per heavy atom. The smallest absolute Gasteiger partial charge is 0.123 e. The number of hydrogen-bond acceptors (Lipinski definition) is 5. The fourth-order valence-corrected chi connectivity index (χ4v) is 6.72. The maximum Gasteiger partial charge on any atom is 0.123 e. The first kappa shape index (κ1) is 28.1. The van der Waals surface area contributed by atoms with Gasteiger partial charge in [0.1, 0.15) is 5.75 Å². The van der Waals surface area contributed by atoms with Crippen LogP contribution < -0.4 is 10.6 Å². The number of nitrogens with zero attached hydrogens (tertiary/aromatic N) is 3. The van der Waals surface area contributed by atoms with E-state index in [9.17, 15) is 10.4 Å². The zero-order valence-corrected chi connectivity index (χ0v) is 24.9. The number of aliphatic imine (C=N–C) groups is 1. The predicted octanol–water partition coefficient (Wildman–Crippen LogP) is 8.71. The van der Waals surface area contributed by atoms with Crippen molar-refractivity contribution in [1.29, 1.82) is 5.26 Å². The summed E-state index contributed by atoms with van der Waals surface area (Å²) in [5.41, 5.74) is 15.7. The molecule has 2 aliphatic rings. The number of nitrogens with two attached hydrogens (primary N) is 1. The van der Waals surface area contributed by atoms with Gasteiger partial charge in [0.05, 0.1) is 28.9 Å². The van der Waals surface area contributed by atoms with Gasteiger partial charge in [-0.15, -0.1) is 0 Å². The molecule has 0 saturated heterocycles. The zero-order valence-electron chi connectivity index (χ0n) is 24.9. The van der Waals surface area contributed by atoms with E-state index in [0.29, 0.717) is 5.56 Å². The third-order valence-corrected chi connectivity index (χ3v) is 8.88. The van der Waals surface area contributed by atoms with Crippen molar-refractivity contribution in [3.8, 4) is 11.8 Å². The lowest BCUT2D eigenvalue weighted by atomic mass is 9.77. The molecule has 5 aromatic rings. The summed E-state index contributed by atoms with van der Waals surface area (Å²) in [5.74, 6) is 0.419. The van der Waals surface area contributed by atoms with Crippen LogP contribution >= 0.6 is 0 Å². The maximum atomic E-state index is 10.7. The van der Waals surface area contributed by atoms with Crippen molar-refractivity contribution in [2.45, 2.75) is 24.4 Å². The molecule has 45 heavy (non-hydrogen) atoms. The van der Waals surface area contributed by atoms with Crippen LogP contribution in [0.3, 0.4) is 0 Å². The standard InChI is InChI=1S/C40H32N4O/c1-40-24-30(32-14-4-7-19-38(32)45)20-21-35(40)33-15-3-6-18-37(33)44(40)31-13-9-11-28(23-31)26-43-36-17-5-2-16-34(36)39(42)29-12-8-10-27(22-29)25-41/h2-24,26,35,39,45H,42H2,1H3/t35?,39?,40-/m0/s1. The van der Waals surface area contributed by atoms with Crippen LogP contribution in [0.1, 0.15) is 52.3 Å². The molecule has 0 aromatic heterocycles. The number of phenols is 1. The highest BCUT2D eigenvalue weighted by atomic mass is 16.3. The average molecular weight is 585 g/mol. The third-order valence-electron chi connectivity index (χ3n) is 8.88. The van der Waals surface area contributed by atoms with Gasteiger partial charge < -0.3 is 15.7 Å². The second-order valence-corrected chi connectivity index (χ2v) is 11.7. The number of para-hydroxylation sites is 3. The van der Waals surface area contributed by atoms with Gasteiger partial charge >= 0.3 is 0 Å². The predicted molar refractivity (Wildman–Crippen MR) is 182 cm³/mol. The van der Waals surface area contributed by atoms with Crippen molar-refractivity contribution in [3.63, 3.8) is 0 Å². The molecule has 0 saturated carbocycles. The van der Waals surface area contributed by atoms with Crippen molar-refractivity contribution in [3.05, 3.63) is 173 Å². The van der Waals surface area contributed by atoms with Gasteiger partial charge in [-0.3, -0.25) is 4.99 Å². The average Bonchev–Trinajstić information content (AvgIpc) is 3.35. The van der Waals surface area contributed by atoms with Gasteiger partial charge in [0.15, 0.2) is 0 Å². The van der Waals surface area contributed by atoms with Crippen molar-refractivity contribution in [1.82, 2.24) is 0 Å². The Balaban J connectivity index is 1.25. The molecule has 1 heterocycles.